The fourth-order valence-electron chi connectivity index (χ4n) is 1.76. The van der Waals surface area contributed by atoms with Crippen molar-refractivity contribution in [2.24, 2.45) is 5.10 Å². The second-order valence-corrected chi connectivity index (χ2v) is 5.02. The van der Waals surface area contributed by atoms with Crippen LogP contribution < -0.4 is 14.9 Å². The van der Waals surface area contributed by atoms with Gasteiger partial charge in [-0.3, -0.25) is 9.78 Å². The summed E-state index contributed by atoms with van der Waals surface area (Å²) in [6.45, 7) is 0.209. The first-order chi connectivity index (χ1) is 10.2. The summed E-state index contributed by atoms with van der Waals surface area (Å²) in [5.41, 5.74) is 3.72. The molecule has 106 valence electrons. The van der Waals surface area contributed by atoms with Gasteiger partial charge in [-0.15, -0.1) is 0 Å². The lowest BCUT2D eigenvalue weighted by Gasteiger charge is -2.02. The summed E-state index contributed by atoms with van der Waals surface area (Å²) < 4.78 is 11.4. The fourth-order valence-corrected chi connectivity index (χ4v) is 2.18. The van der Waals surface area contributed by atoms with Crippen LogP contribution in [0.1, 0.15) is 15.9 Å². The summed E-state index contributed by atoms with van der Waals surface area (Å²) >= 11 is 3.41. The number of pyridine rings is 1. The molecule has 21 heavy (non-hydrogen) atoms. The van der Waals surface area contributed by atoms with E-state index in [4.69, 9.17) is 9.47 Å². The minimum absolute atomic E-state index is 0.209. The van der Waals surface area contributed by atoms with Gasteiger partial charge in [0.2, 0.25) is 6.79 Å². The van der Waals surface area contributed by atoms with Crippen LogP contribution >= 0.6 is 15.9 Å². The standard InChI is InChI=1S/C14H10BrN3O3/c15-11-6-13-12(20-8-21-13)5-10(11)7-17-18-14(19)9-1-3-16-4-2-9/h1-7H,8H2,(H,18,19)/b17-7+. The Morgan fingerprint density at radius 1 is 1.29 bits per heavy atom. The average Bonchev–Trinajstić information content (AvgIpc) is 2.95. The van der Waals surface area contributed by atoms with E-state index in [1.807, 2.05) is 0 Å². The predicted octanol–water partition coefficient (Wildman–Crippen LogP) is 2.34. The molecule has 1 N–H and O–H groups in total. The minimum Gasteiger partial charge on any atom is -0.454 e. The average molecular weight is 348 g/mol. The zero-order chi connectivity index (χ0) is 14.7. The zero-order valence-electron chi connectivity index (χ0n) is 10.7. The molecule has 0 aliphatic carbocycles. The quantitative estimate of drug-likeness (QED) is 0.683. The number of carbonyl (C=O) groups excluding carboxylic acids is 1. The van der Waals surface area contributed by atoms with Crippen LogP contribution in [0.3, 0.4) is 0 Å². The Morgan fingerprint density at radius 3 is 2.76 bits per heavy atom. The van der Waals surface area contributed by atoms with Crippen molar-refractivity contribution in [1.82, 2.24) is 10.4 Å². The third kappa shape index (κ3) is 3.03. The highest BCUT2D eigenvalue weighted by atomic mass is 79.9. The van der Waals surface area contributed by atoms with E-state index in [0.717, 1.165) is 10.0 Å². The van der Waals surface area contributed by atoms with Crippen LogP contribution in [0.5, 0.6) is 11.5 Å². The van der Waals surface area contributed by atoms with Gasteiger partial charge in [-0.05, 0) is 40.2 Å². The molecule has 1 aromatic heterocycles. The highest BCUT2D eigenvalue weighted by molar-refractivity contribution is 9.10. The number of nitrogens with one attached hydrogen (secondary N) is 1. The van der Waals surface area contributed by atoms with Gasteiger partial charge in [0.05, 0.1) is 6.21 Å². The maximum Gasteiger partial charge on any atom is 0.271 e. The molecule has 0 atom stereocenters. The normalized spacial score (nSPS) is 12.6. The molecule has 0 radical (unpaired) electrons. The largest absolute Gasteiger partial charge is 0.454 e. The Morgan fingerprint density at radius 2 is 2.00 bits per heavy atom. The number of fused-ring (bicyclic) bond motifs is 1. The van der Waals surface area contributed by atoms with Gasteiger partial charge >= 0.3 is 0 Å². The third-order valence-electron chi connectivity index (χ3n) is 2.80. The highest BCUT2D eigenvalue weighted by Crippen LogP contribution is 2.36. The Kier molecular flexibility index (Phi) is 3.83. The first-order valence-corrected chi connectivity index (χ1v) is 6.86. The van der Waals surface area contributed by atoms with E-state index in [1.54, 1.807) is 36.7 Å². The van der Waals surface area contributed by atoms with E-state index < -0.39 is 0 Å². The number of aromatic nitrogens is 1. The molecular weight excluding hydrogens is 338 g/mol. The van der Waals surface area contributed by atoms with E-state index in [0.29, 0.717) is 17.1 Å². The van der Waals surface area contributed by atoms with Crippen molar-refractivity contribution in [1.29, 1.82) is 0 Å². The van der Waals surface area contributed by atoms with Gasteiger partial charge in [-0.2, -0.15) is 5.10 Å². The van der Waals surface area contributed by atoms with Crippen molar-refractivity contribution in [3.8, 4) is 11.5 Å². The van der Waals surface area contributed by atoms with Gasteiger partial charge in [0.25, 0.3) is 5.91 Å². The summed E-state index contributed by atoms with van der Waals surface area (Å²) in [4.78, 5) is 15.6. The van der Waals surface area contributed by atoms with Crippen LogP contribution in [0.2, 0.25) is 0 Å². The Hall–Kier alpha value is -2.41. The summed E-state index contributed by atoms with van der Waals surface area (Å²) in [5, 5.41) is 3.93. The second kappa shape index (κ2) is 5.92. The number of hydrogen-bond acceptors (Lipinski definition) is 5. The lowest BCUT2D eigenvalue weighted by molar-refractivity contribution is 0.0955. The van der Waals surface area contributed by atoms with Crippen molar-refractivity contribution in [3.63, 3.8) is 0 Å². The van der Waals surface area contributed by atoms with E-state index in [2.05, 4.69) is 31.4 Å². The number of benzene rings is 1. The molecule has 2 aromatic rings. The fraction of sp³-hybridized carbons (Fsp3) is 0.0714. The number of rotatable bonds is 3. The number of ether oxygens (including phenoxy) is 2. The first-order valence-electron chi connectivity index (χ1n) is 6.06. The van der Waals surface area contributed by atoms with E-state index >= 15 is 0 Å². The van der Waals surface area contributed by atoms with Crippen LogP contribution in [0, 0.1) is 0 Å². The summed E-state index contributed by atoms with van der Waals surface area (Å²) in [6, 6.07) is 6.81. The molecule has 1 aliphatic rings. The van der Waals surface area contributed by atoms with E-state index in [-0.39, 0.29) is 12.7 Å². The Balaban J connectivity index is 1.71. The first kappa shape index (κ1) is 13.6. The van der Waals surface area contributed by atoms with Gasteiger partial charge in [-0.1, -0.05) is 0 Å². The molecule has 0 saturated heterocycles. The Labute approximate surface area is 128 Å². The highest BCUT2D eigenvalue weighted by Gasteiger charge is 2.15. The number of hydrogen-bond donors (Lipinski definition) is 1. The maximum atomic E-state index is 11.8. The SMILES string of the molecule is O=C(N/N=C/c1cc2c(cc1Br)OCO2)c1ccncc1. The molecule has 7 heteroatoms. The maximum absolute atomic E-state index is 11.8. The minimum atomic E-state index is -0.300. The molecule has 1 amide bonds. The molecule has 0 fully saturated rings. The summed E-state index contributed by atoms with van der Waals surface area (Å²) in [5.74, 6) is 1.03. The van der Waals surface area contributed by atoms with E-state index in [9.17, 15) is 4.79 Å². The molecule has 1 aliphatic heterocycles. The molecular formula is C14H10BrN3O3. The Bertz CT molecular complexity index is 704. The number of carbonyl (C=O) groups is 1. The van der Waals surface area contributed by atoms with Crippen LogP contribution in [0.4, 0.5) is 0 Å². The zero-order valence-corrected chi connectivity index (χ0v) is 12.3. The third-order valence-corrected chi connectivity index (χ3v) is 3.49. The lowest BCUT2D eigenvalue weighted by Crippen LogP contribution is -2.17. The second-order valence-electron chi connectivity index (χ2n) is 4.16. The number of amides is 1. The lowest BCUT2D eigenvalue weighted by atomic mass is 10.2. The van der Waals surface area contributed by atoms with Gasteiger partial charge in [0.1, 0.15) is 0 Å². The topological polar surface area (TPSA) is 72.8 Å². The van der Waals surface area contributed by atoms with Crippen molar-refractivity contribution in [3.05, 3.63) is 52.3 Å². The molecule has 2 heterocycles. The molecule has 0 spiro atoms. The molecule has 3 rings (SSSR count). The van der Waals surface area contributed by atoms with E-state index in [1.165, 1.54) is 6.21 Å². The van der Waals surface area contributed by atoms with Crippen molar-refractivity contribution in [2.45, 2.75) is 0 Å². The predicted molar refractivity (Wildman–Crippen MR) is 79.6 cm³/mol. The molecule has 0 bridgehead atoms. The van der Waals surface area contributed by atoms with Crippen LogP contribution in [0.25, 0.3) is 0 Å². The van der Waals surface area contributed by atoms with Gasteiger partial charge in [-0.25, -0.2) is 5.43 Å². The van der Waals surface area contributed by atoms with Crippen molar-refractivity contribution < 1.29 is 14.3 Å². The van der Waals surface area contributed by atoms with Crippen LogP contribution in [-0.2, 0) is 0 Å². The summed E-state index contributed by atoms with van der Waals surface area (Å²) in [7, 11) is 0. The van der Waals surface area contributed by atoms with Gasteiger partial charge in [0, 0.05) is 28.0 Å². The summed E-state index contributed by atoms with van der Waals surface area (Å²) in [6.07, 6.45) is 4.63. The van der Waals surface area contributed by atoms with Gasteiger partial charge < -0.3 is 9.47 Å². The smallest absolute Gasteiger partial charge is 0.271 e. The molecule has 0 saturated carbocycles. The number of nitrogens with zero attached hydrogens (tertiary/aromatic N) is 2. The van der Waals surface area contributed by atoms with Gasteiger partial charge in [0.15, 0.2) is 11.5 Å². The molecule has 6 nitrogen and oxygen atoms in total. The monoisotopic (exact) mass is 347 g/mol. The van der Waals surface area contributed by atoms with Crippen molar-refractivity contribution >= 4 is 28.1 Å². The number of halogens is 1. The van der Waals surface area contributed by atoms with Crippen LogP contribution in [-0.4, -0.2) is 23.9 Å². The molecule has 0 unspecified atom stereocenters. The molecule has 1 aromatic carbocycles. The van der Waals surface area contributed by atoms with Crippen LogP contribution in [0.15, 0.2) is 46.2 Å². The number of hydrazone groups is 1. The van der Waals surface area contributed by atoms with Crippen molar-refractivity contribution in [2.75, 3.05) is 6.79 Å².